The lowest BCUT2D eigenvalue weighted by molar-refractivity contribution is 0.158. The number of hydrogen-bond donors (Lipinski definition) is 1. The summed E-state index contributed by atoms with van der Waals surface area (Å²) < 4.78 is 0. The van der Waals surface area contributed by atoms with Crippen molar-refractivity contribution in [2.45, 2.75) is 46.2 Å². The van der Waals surface area contributed by atoms with Crippen LogP contribution in [0, 0.1) is 6.92 Å². The van der Waals surface area contributed by atoms with Crippen LogP contribution in [0.25, 0.3) is 0 Å². The van der Waals surface area contributed by atoms with Gasteiger partial charge in [0.1, 0.15) is 16.1 Å². The zero-order valence-electron chi connectivity index (χ0n) is 10.8. The maximum atomic E-state index is 9.87. The van der Waals surface area contributed by atoms with E-state index in [1.54, 1.807) is 0 Å². The molecule has 0 aliphatic heterocycles. The van der Waals surface area contributed by atoms with Crippen molar-refractivity contribution in [1.29, 1.82) is 0 Å². The third-order valence-electron chi connectivity index (χ3n) is 2.53. The molecule has 3 nitrogen and oxygen atoms in total. The Bertz CT molecular complexity index is 372. The van der Waals surface area contributed by atoms with Gasteiger partial charge in [-0.3, -0.25) is 0 Å². The fourth-order valence-corrected chi connectivity index (χ4v) is 5.71. The molecular formula is C10H22N2OSi2. The van der Waals surface area contributed by atoms with E-state index in [0.29, 0.717) is 0 Å². The normalized spacial score (nSPS) is 13.3. The first-order valence-corrected chi connectivity index (χ1v) is 12.3. The summed E-state index contributed by atoms with van der Waals surface area (Å²) in [4.78, 5) is 1.13. The van der Waals surface area contributed by atoms with Crippen molar-refractivity contribution in [2.24, 2.45) is 0 Å². The van der Waals surface area contributed by atoms with Crippen molar-refractivity contribution in [3.63, 3.8) is 0 Å². The smallest absolute Gasteiger partial charge is 0.106 e. The van der Waals surface area contributed by atoms with Gasteiger partial charge >= 0.3 is 0 Å². The van der Waals surface area contributed by atoms with E-state index >= 15 is 0 Å². The van der Waals surface area contributed by atoms with Gasteiger partial charge in [-0.15, -0.1) is 9.94 Å². The summed E-state index contributed by atoms with van der Waals surface area (Å²) >= 11 is 0. The van der Waals surface area contributed by atoms with E-state index in [9.17, 15) is 5.21 Å². The van der Waals surface area contributed by atoms with E-state index in [2.05, 4.69) is 51.3 Å². The maximum Gasteiger partial charge on any atom is 0.106 e. The Morgan fingerprint density at radius 1 is 1.00 bits per heavy atom. The Kier molecular flexibility index (Phi) is 2.91. The molecule has 0 radical (unpaired) electrons. The molecule has 0 atom stereocenters. The minimum Gasteiger partial charge on any atom is -0.412 e. The average molecular weight is 242 g/mol. The van der Waals surface area contributed by atoms with Crippen LogP contribution in [0.5, 0.6) is 0 Å². The summed E-state index contributed by atoms with van der Waals surface area (Å²) in [5.74, 6) is 0. The monoisotopic (exact) mass is 242 g/mol. The second kappa shape index (κ2) is 3.48. The summed E-state index contributed by atoms with van der Waals surface area (Å²) in [6.45, 7) is 15.6. The highest BCUT2D eigenvalue weighted by Gasteiger charge is 2.31. The first-order chi connectivity index (χ1) is 6.55. The van der Waals surface area contributed by atoms with Crippen LogP contribution in [0.4, 0.5) is 0 Å². The molecule has 86 valence electrons. The third-order valence-corrected chi connectivity index (χ3v) is 6.42. The quantitative estimate of drug-likeness (QED) is 0.631. The highest BCUT2D eigenvalue weighted by molar-refractivity contribution is 6.91. The third kappa shape index (κ3) is 2.34. The summed E-state index contributed by atoms with van der Waals surface area (Å²) in [5, 5.41) is 16.4. The average Bonchev–Trinajstić information content (AvgIpc) is 2.22. The molecule has 1 aromatic rings. The zero-order chi connectivity index (χ0) is 12.0. The van der Waals surface area contributed by atoms with Crippen molar-refractivity contribution in [1.82, 2.24) is 9.94 Å². The van der Waals surface area contributed by atoms with Crippen LogP contribution in [-0.4, -0.2) is 31.3 Å². The highest BCUT2D eigenvalue weighted by Crippen LogP contribution is 2.08. The van der Waals surface area contributed by atoms with Gasteiger partial charge in [-0.1, -0.05) is 39.3 Å². The number of aromatic nitrogens is 2. The fourth-order valence-electron chi connectivity index (χ4n) is 2.06. The van der Waals surface area contributed by atoms with Crippen LogP contribution in [0.3, 0.4) is 0 Å². The van der Waals surface area contributed by atoms with E-state index in [4.69, 9.17) is 0 Å². The zero-order valence-corrected chi connectivity index (χ0v) is 12.8. The molecule has 1 N–H and O–H groups in total. The molecule has 15 heavy (non-hydrogen) atoms. The minimum absolute atomic E-state index is 1.07. The minimum atomic E-state index is -1.51. The van der Waals surface area contributed by atoms with Crippen LogP contribution in [0.15, 0.2) is 0 Å². The van der Waals surface area contributed by atoms with Gasteiger partial charge < -0.3 is 5.21 Å². The molecule has 0 aromatic carbocycles. The highest BCUT2D eigenvalue weighted by atomic mass is 28.3. The van der Waals surface area contributed by atoms with Gasteiger partial charge in [-0.25, -0.2) is 0 Å². The van der Waals surface area contributed by atoms with Crippen LogP contribution in [-0.2, 0) is 0 Å². The molecular weight excluding hydrogens is 220 g/mol. The van der Waals surface area contributed by atoms with E-state index in [0.717, 1.165) is 15.5 Å². The van der Waals surface area contributed by atoms with E-state index in [-0.39, 0.29) is 0 Å². The second-order valence-corrected chi connectivity index (χ2v) is 16.2. The maximum absolute atomic E-state index is 9.87. The molecule has 0 saturated carbocycles. The molecule has 0 amide bonds. The Morgan fingerprint density at radius 2 is 1.47 bits per heavy atom. The van der Waals surface area contributed by atoms with Crippen molar-refractivity contribution in [3.8, 4) is 0 Å². The van der Waals surface area contributed by atoms with Crippen molar-refractivity contribution in [3.05, 3.63) is 5.56 Å². The Morgan fingerprint density at radius 3 is 1.67 bits per heavy atom. The van der Waals surface area contributed by atoms with Crippen molar-refractivity contribution < 1.29 is 5.21 Å². The first-order valence-electron chi connectivity index (χ1n) is 5.35. The summed E-state index contributed by atoms with van der Waals surface area (Å²) in [7, 11) is -2.94. The predicted octanol–water partition coefficient (Wildman–Crippen LogP) is 1.52. The number of rotatable bonds is 2. The number of hydrogen-bond acceptors (Lipinski definition) is 2. The van der Waals surface area contributed by atoms with E-state index < -0.39 is 16.1 Å². The first kappa shape index (κ1) is 12.5. The van der Waals surface area contributed by atoms with Crippen LogP contribution >= 0.6 is 0 Å². The van der Waals surface area contributed by atoms with Crippen LogP contribution in [0.1, 0.15) is 5.56 Å². The lowest BCUT2D eigenvalue weighted by atomic mass is 10.4. The molecule has 5 heteroatoms. The van der Waals surface area contributed by atoms with Gasteiger partial charge in [0.2, 0.25) is 0 Å². The van der Waals surface area contributed by atoms with Gasteiger partial charge in [0.15, 0.2) is 0 Å². The molecule has 0 saturated heterocycles. The summed E-state index contributed by atoms with van der Waals surface area (Å²) in [5.41, 5.74) is 1.22. The van der Waals surface area contributed by atoms with Crippen molar-refractivity contribution in [2.75, 3.05) is 0 Å². The molecule has 0 aliphatic carbocycles. The van der Waals surface area contributed by atoms with Gasteiger partial charge in [0, 0.05) is 0 Å². The van der Waals surface area contributed by atoms with Gasteiger partial charge in [-0.2, -0.15) is 0 Å². The lowest BCUT2D eigenvalue weighted by Crippen LogP contribution is -2.46. The van der Waals surface area contributed by atoms with E-state index in [1.807, 2.05) is 0 Å². The predicted molar refractivity (Wildman–Crippen MR) is 70.1 cm³/mol. The lowest BCUT2D eigenvalue weighted by Gasteiger charge is -2.17. The Labute approximate surface area is 94.1 Å². The summed E-state index contributed by atoms with van der Waals surface area (Å²) in [6.07, 6.45) is 0. The topological polar surface area (TPSA) is 38.0 Å². The molecule has 1 rings (SSSR count). The van der Waals surface area contributed by atoms with E-state index in [1.165, 1.54) is 5.56 Å². The van der Waals surface area contributed by atoms with Crippen LogP contribution < -0.4 is 10.6 Å². The summed E-state index contributed by atoms with van der Waals surface area (Å²) in [6, 6.07) is 0. The molecule has 0 fully saturated rings. The molecule has 0 unspecified atom stereocenters. The van der Waals surface area contributed by atoms with Crippen LogP contribution in [0.2, 0.25) is 39.3 Å². The van der Waals surface area contributed by atoms with Gasteiger partial charge in [0.25, 0.3) is 0 Å². The SMILES string of the molecule is Cc1c([Si](C)(C)C)nn(O)c1[Si](C)(C)C. The standard InChI is InChI=1S/C10H22N2OSi2/c1-8-9(14(2,3)4)11-12(13)10(8)15(5,6)7/h13H,1-7H3. The Hall–Kier alpha value is -0.556. The molecule has 1 heterocycles. The molecule has 1 aromatic heterocycles. The number of nitrogens with zero attached hydrogens (tertiary/aromatic N) is 2. The van der Waals surface area contributed by atoms with Gasteiger partial charge in [-0.05, 0) is 12.5 Å². The largest absolute Gasteiger partial charge is 0.412 e. The second-order valence-electron chi connectivity index (χ2n) is 6.21. The van der Waals surface area contributed by atoms with Crippen molar-refractivity contribution >= 4 is 26.8 Å². The Balaban J connectivity index is 3.41. The fraction of sp³-hybridized carbons (Fsp3) is 0.700. The molecule has 0 aliphatic rings. The molecule has 0 bridgehead atoms. The molecule has 0 spiro atoms. The van der Waals surface area contributed by atoms with Gasteiger partial charge in [0.05, 0.1) is 10.6 Å².